The number of carboxylic acid groups (broad SMARTS) is 1. The summed E-state index contributed by atoms with van der Waals surface area (Å²) in [6, 6.07) is 0. The van der Waals surface area contributed by atoms with E-state index in [-0.39, 0.29) is 12.5 Å². The number of nitrogens with one attached hydrogen (secondary N) is 1. The van der Waals surface area contributed by atoms with Gasteiger partial charge in [-0.1, -0.05) is 32.6 Å². The van der Waals surface area contributed by atoms with Crippen LogP contribution < -0.4 is 5.32 Å². The van der Waals surface area contributed by atoms with Crippen molar-refractivity contribution in [3.8, 4) is 0 Å². The molecule has 1 amide bonds. The number of hydrogen-bond acceptors (Lipinski definition) is 3. The fourth-order valence-electron chi connectivity index (χ4n) is 2.47. The Bertz CT molecular complexity index is 274. The van der Waals surface area contributed by atoms with Gasteiger partial charge in [0.2, 0.25) is 5.91 Å². The Kier molecular flexibility index (Phi) is 6.72. The maximum absolute atomic E-state index is 11.3. The molecule has 1 aliphatic rings. The molecule has 0 saturated heterocycles. The first-order valence-electron chi connectivity index (χ1n) is 6.64. The van der Waals surface area contributed by atoms with E-state index in [0.29, 0.717) is 12.5 Å². The summed E-state index contributed by atoms with van der Waals surface area (Å²) >= 11 is 0. The molecule has 1 saturated carbocycles. The first kappa shape index (κ1) is 15.0. The summed E-state index contributed by atoms with van der Waals surface area (Å²) in [7, 11) is 0. The van der Waals surface area contributed by atoms with Crippen molar-refractivity contribution < 1.29 is 19.4 Å². The zero-order valence-corrected chi connectivity index (χ0v) is 11.0. The maximum atomic E-state index is 11.3. The second-order valence-corrected chi connectivity index (χ2v) is 5.18. The van der Waals surface area contributed by atoms with Crippen molar-refractivity contribution in [2.24, 2.45) is 11.8 Å². The molecule has 1 atom stereocenters. The Morgan fingerprint density at radius 2 is 2.00 bits per heavy atom. The summed E-state index contributed by atoms with van der Waals surface area (Å²) in [6.45, 7) is 2.18. The van der Waals surface area contributed by atoms with Crippen LogP contribution in [0.2, 0.25) is 0 Å². The van der Waals surface area contributed by atoms with E-state index in [1.807, 2.05) is 0 Å². The number of carboxylic acids is 1. The number of carbonyl (C=O) groups is 2. The van der Waals surface area contributed by atoms with Gasteiger partial charge in [0.15, 0.2) is 0 Å². The molecule has 0 aliphatic heterocycles. The SMILES string of the molecule is CC(CNC(=O)COCC(=O)O)CC1CCCC1. The summed E-state index contributed by atoms with van der Waals surface area (Å²) in [5.41, 5.74) is 0. The molecule has 0 radical (unpaired) electrons. The molecule has 0 aromatic rings. The second kappa shape index (κ2) is 8.08. The lowest BCUT2D eigenvalue weighted by Gasteiger charge is -2.16. The highest BCUT2D eigenvalue weighted by Gasteiger charge is 2.18. The Morgan fingerprint density at radius 1 is 1.33 bits per heavy atom. The van der Waals surface area contributed by atoms with E-state index in [1.54, 1.807) is 0 Å². The average Bonchev–Trinajstić information content (AvgIpc) is 2.78. The summed E-state index contributed by atoms with van der Waals surface area (Å²) in [5.74, 6) is -0.0105. The number of carbonyl (C=O) groups excluding carboxylic acids is 1. The molecule has 2 N–H and O–H groups in total. The van der Waals surface area contributed by atoms with Gasteiger partial charge in [-0.3, -0.25) is 4.79 Å². The van der Waals surface area contributed by atoms with Crippen molar-refractivity contribution in [3.63, 3.8) is 0 Å². The van der Waals surface area contributed by atoms with Crippen molar-refractivity contribution in [2.75, 3.05) is 19.8 Å². The molecular weight excluding hydrogens is 234 g/mol. The predicted molar refractivity (Wildman–Crippen MR) is 67.2 cm³/mol. The third-order valence-electron chi connectivity index (χ3n) is 3.32. The molecule has 1 fully saturated rings. The Hall–Kier alpha value is -1.10. The molecule has 0 aromatic heterocycles. The van der Waals surface area contributed by atoms with Crippen LogP contribution in [-0.4, -0.2) is 36.7 Å². The average molecular weight is 257 g/mol. The van der Waals surface area contributed by atoms with E-state index < -0.39 is 12.6 Å². The highest BCUT2D eigenvalue weighted by Crippen LogP contribution is 2.29. The molecule has 18 heavy (non-hydrogen) atoms. The topological polar surface area (TPSA) is 75.6 Å². The predicted octanol–water partition coefficient (Wildman–Crippen LogP) is 1.42. The number of aliphatic carboxylic acids is 1. The standard InChI is InChI=1S/C13H23NO4/c1-10(6-11-4-2-3-5-11)7-14-12(15)8-18-9-13(16)17/h10-11H,2-9H2,1H3,(H,14,15)(H,16,17). The second-order valence-electron chi connectivity index (χ2n) is 5.18. The van der Waals surface area contributed by atoms with Gasteiger partial charge in [0.25, 0.3) is 0 Å². The first-order chi connectivity index (χ1) is 8.58. The molecule has 5 heteroatoms. The fraction of sp³-hybridized carbons (Fsp3) is 0.846. The number of ether oxygens (including phenoxy) is 1. The van der Waals surface area contributed by atoms with Crippen LogP contribution in [0.4, 0.5) is 0 Å². The van der Waals surface area contributed by atoms with Gasteiger partial charge < -0.3 is 15.2 Å². The number of amides is 1. The van der Waals surface area contributed by atoms with Crippen molar-refractivity contribution >= 4 is 11.9 Å². The Labute approximate surface area is 108 Å². The molecule has 0 bridgehead atoms. The number of rotatable bonds is 8. The molecule has 0 aromatic carbocycles. The Balaban J connectivity index is 2.03. The van der Waals surface area contributed by atoms with Crippen molar-refractivity contribution in [3.05, 3.63) is 0 Å². The van der Waals surface area contributed by atoms with Gasteiger partial charge in [0.1, 0.15) is 13.2 Å². The molecule has 1 unspecified atom stereocenters. The van der Waals surface area contributed by atoms with Gasteiger partial charge in [0.05, 0.1) is 0 Å². The molecule has 0 heterocycles. The minimum Gasteiger partial charge on any atom is -0.480 e. The lowest BCUT2D eigenvalue weighted by molar-refractivity contribution is -0.143. The van der Waals surface area contributed by atoms with Gasteiger partial charge in [-0.2, -0.15) is 0 Å². The van der Waals surface area contributed by atoms with Crippen LogP contribution in [-0.2, 0) is 14.3 Å². The van der Waals surface area contributed by atoms with E-state index in [4.69, 9.17) is 9.84 Å². The highest BCUT2D eigenvalue weighted by atomic mass is 16.5. The van der Waals surface area contributed by atoms with Gasteiger partial charge in [-0.25, -0.2) is 4.79 Å². The minimum atomic E-state index is -1.06. The fourth-order valence-corrected chi connectivity index (χ4v) is 2.47. The summed E-state index contributed by atoms with van der Waals surface area (Å²) in [6.07, 6.45) is 6.48. The van der Waals surface area contributed by atoms with E-state index in [2.05, 4.69) is 12.2 Å². The lowest BCUT2D eigenvalue weighted by atomic mass is 9.94. The van der Waals surface area contributed by atoms with Crippen LogP contribution in [0.25, 0.3) is 0 Å². The number of hydrogen-bond donors (Lipinski definition) is 2. The van der Waals surface area contributed by atoms with Crippen LogP contribution in [0.5, 0.6) is 0 Å². The van der Waals surface area contributed by atoms with E-state index in [1.165, 1.54) is 25.7 Å². The zero-order valence-electron chi connectivity index (χ0n) is 11.0. The smallest absolute Gasteiger partial charge is 0.329 e. The Morgan fingerprint density at radius 3 is 2.61 bits per heavy atom. The van der Waals surface area contributed by atoms with E-state index >= 15 is 0 Å². The third-order valence-corrected chi connectivity index (χ3v) is 3.32. The van der Waals surface area contributed by atoms with Crippen LogP contribution in [0.3, 0.4) is 0 Å². The maximum Gasteiger partial charge on any atom is 0.329 e. The molecule has 0 spiro atoms. The van der Waals surface area contributed by atoms with Crippen LogP contribution >= 0.6 is 0 Å². The monoisotopic (exact) mass is 257 g/mol. The molecule has 104 valence electrons. The van der Waals surface area contributed by atoms with Crippen LogP contribution in [0.15, 0.2) is 0 Å². The summed E-state index contributed by atoms with van der Waals surface area (Å²) < 4.78 is 4.71. The van der Waals surface area contributed by atoms with Crippen molar-refractivity contribution in [2.45, 2.75) is 39.0 Å². The van der Waals surface area contributed by atoms with E-state index in [9.17, 15) is 9.59 Å². The summed E-state index contributed by atoms with van der Waals surface area (Å²) in [4.78, 5) is 21.5. The lowest BCUT2D eigenvalue weighted by Crippen LogP contribution is -2.32. The molecule has 1 rings (SSSR count). The van der Waals surface area contributed by atoms with Gasteiger partial charge >= 0.3 is 5.97 Å². The van der Waals surface area contributed by atoms with Gasteiger partial charge in [-0.05, 0) is 18.3 Å². The quantitative estimate of drug-likeness (QED) is 0.689. The van der Waals surface area contributed by atoms with E-state index in [0.717, 1.165) is 12.3 Å². The normalized spacial score (nSPS) is 17.6. The van der Waals surface area contributed by atoms with Gasteiger partial charge in [0, 0.05) is 6.54 Å². The first-order valence-corrected chi connectivity index (χ1v) is 6.64. The summed E-state index contributed by atoms with van der Waals surface area (Å²) in [5, 5.41) is 11.1. The van der Waals surface area contributed by atoms with Crippen molar-refractivity contribution in [1.29, 1.82) is 0 Å². The van der Waals surface area contributed by atoms with Crippen molar-refractivity contribution in [1.82, 2.24) is 5.32 Å². The zero-order chi connectivity index (χ0) is 13.4. The van der Waals surface area contributed by atoms with Gasteiger partial charge in [-0.15, -0.1) is 0 Å². The van der Waals surface area contributed by atoms with Crippen LogP contribution in [0, 0.1) is 11.8 Å². The molecule has 5 nitrogen and oxygen atoms in total. The molecule has 1 aliphatic carbocycles. The minimum absolute atomic E-state index is 0.178. The molecular formula is C13H23NO4. The largest absolute Gasteiger partial charge is 0.480 e. The van der Waals surface area contributed by atoms with Crippen LogP contribution in [0.1, 0.15) is 39.0 Å². The third kappa shape index (κ3) is 6.59. The highest BCUT2D eigenvalue weighted by molar-refractivity contribution is 5.77.